The second kappa shape index (κ2) is 8.49. The summed E-state index contributed by atoms with van der Waals surface area (Å²) in [5.74, 6) is 1.17. The van der Waals surface area contributed by atoms with Gasteiger partial charge >= 0.3 is 0 Å². The zero-order valence-corrected chi connectivity index (χ0v) is 14.8. The highest BCUT2D eigenvalue weighted by atomic mass is 127. The molecule has 112 valence electrons. The van der Waals surface area contributed by atoms with E-state index < -0.39 is 0 Å². The smallest absolute Gasteiger partial charge is 0.193 e. The molecule has 0 spiro atoms. The van der Waals surface area contributed by atoms with E-state index in [9.17, 15) is 0 Å². The largest absolute Gasteiger partial charge is 0.370 e. The van der Waals surface area contributed by atoms with E-state index >= 15 is 0 Å². The van der Waals surface area contributed by atoms with Crippen molar-refractivity contribution in [2.75, 3.05) is 11.9 Å². The number of aliphatic imine (C=N–C) groups is 1. The number of fused-ring (bicyclic) bond motifs is 1. The number of nitrogens with one attached hydrogen (secondary N) is 1. The molecule has 0 unspecified atom stereocenters. The van der Waals surface area contributed by atoms with Crippen LogP contribution in [-0.2, 0) is 12.8 Å². The summed E-state index contributed by atoms with van der Waals surface area (Å²) in [4.78, 5) is 4.44. The van der Waals surface area contributed by atoms with Gasteiger partial charge in [-0.15, -0.1) is 24.0 Å². The van der Waals surface area contributed by atoms with Crippen LogP contribution in [0.4, 0.5) is 5.69 Å². The molecule has 3 nitrogen and oxygen atoms in total. The van der Waals surface area contributed by atoms with E-state index in [2.05, 4.69) is 42.4 Å². The lowest BCUT2D eigenvalue weighted by molar-refractivity contribution is 0.506. The zero-order valence-electron chi connectivity index (χ0n) is 12.5. The van der Waals surface area contributed by atoms with Gasteiger partial charge in [-0.05, 0) is 48.4 Å². The minimum Gasteiger partial charge on any atom is -0.370 e. The van der Waals surface area contributed by atoms with Gasteiger partial charge in [0.25, 0.3) is 0 Å². The predicted octanol–water partition coefficient (Wildman–Crippen LogP) is 3.96. The molecule has 0 saturated carbocycles. The number of aryl methyl sites for hydroxylation is 2. The van der Waals surface area contributed by atoms with Crippen molar-refractivity contribution in [3.63, 3.8) is 0 Å². The Morgan fingerprint density at radius 2 is 1.95 bits per heavy atom. The number of guanidine groups is 1. The highest BCUT2D eigenvalue weighted by molar-refractivity contribution is 14.0. The molecule has 0 heterocycles. The summed E-state index contributed by atoms with van der Waals surface area (Å²) in [7, 11) is 0. The Morgan fingerprint density at radius 1 is 1.25 bits per heavy atom. The number of nitrogens with zero attached hydrogens (tertiary/aromatic N) is 1. The van der Waals surface area contributed by atoms with Crippen molar-refractivity contribution in [3.8, 4) is 0 Å². The van der Waals surface area contributed by atoms with Crippen molar-refractivity contribution in [1.29, 1.82) is 0 Å². The first-order valence-corrected chi connectivity index (χ1v) is 7.41. The number of benzene rings is 1. The lowest BCUT2D eigenvalue weighted by Gasteiger charge is -2.11. The lowest BCUT2D eigenvalue weighted by atomic mass is 10.0. The molecule has 1 aromatic carbocycles. The number of hydrogen-bond donors (Lipinski definition) is 2. The van der Waals surface area contributed by atoms with E-state index in [1.165, 1.54) is 30.4 Å². The topological polar surface area (TPSA) is 50.4 Å². The quantitative estimate of drug-likeness (QED) is 0.457. The zero-order chi connectivity index (χ0) is 13.7. The van der Waals surface area contributed by atoms with Gasteiger partial charge in [0, 0.05) is 12.2 Å². The molecule has 3 N–H and O–H groups in total. The average molecular weight is 387 g/mol. The van der Waals surface area contributed by atoms with E-state index in [1.807, 2.05) is 0 Å². The van der Waals surface area contributed by atoms with Crippen molar-refractivity contribution >= 4 is 35.6 Å². The first-order valence-electron chi connectivity index (χ1n) is 7.41. The lowest BCUT2D eigenvalue weighted by Crippen LogP contribution is -2.23. The summed E-state index contributed by atoms with van der Waals surface area (Å²) >= 11 is 0. The third kappa shape index (κ3) is 4.65. The molecular weight excluding hydrogens is 361 g/mol. The summed E-state index contributed by atoms with van der Waals surface area (Å²) in [6, 6.07) is 6.52. The fourth-order valence-corrected chi connectivity index (χ4v) is 2.61. The Balaban J connectivity index is 0.00000200. The fourth-order valence-electron chi connectivity index (χ4n) is 2.61. The van der Waals surface area contributed by atoms with E-state index in [4.69, 9.17) is 5.73 Å². The molecular formula is C16H26IN3. The molecule has 1 aliphatic carbocycles. The Labute approximate surface area is 139 Å². The molecule has 20 heavy (non-hydrogen) atoms. The van der Waals surface area contributed by atoms with Gasteiger partial charge < -0.3 is 11.1 Å². The van der Waals surface area contributed by atoms with Crippen LogP contribution in [0.25, 0.3) is 0 Å². The average Bonchev–Trinajstić information content (AvgIpc) is 2.87. The third-order valence-electron chi connectivity index (χ3n) is 4.05. The molecule has 0 radical (unpaired) electrons. The van der Waals surface area contributed by atoms with E-state index in [0.29, 0.717) is 11.9 Å². The normalized spacial score (nSPS) is 14.1. The maximum atomic E-state index is 5.95. The maximum Gasteiger partial charge on any atom is 0.193 e. The van der Waals surface area contributed by atoms with Gasteiger partial charge in [-0.2, -0.15) is 0 Å². The molecule has 0 saturated heterocycles. The number of anilines is 1. The monoisotopic (exact) mass is 387 g/mol. The third-order valence-corrected chi connectivity index (χ3v) is 4.05. The molecule has 0 amide bonds. The van der Waals surface area contributed by atoms with Crippen molar-refractivity contribution < 1.29 is 0 Å². The van der Waals surface area contributed by atoms with Crippen LogP contribution < -0.4 is 11.1 Å². The van der Waals surface area contributed by atoms with Gasteiger partial charge in [-0.3, -0.25) is 4.99 Å². The molecule has 0 bridgehead atoms. The Kier molecular flexibility index (Phi) is 7.34. The van der Waals surface area contributed by atoms with Gasteiger partial charge in [-0.25, -0.2) is 0 Å². The minimum atomic E-state index is 0. The second-order valence-corrected chi connectivity index (χ2v) is 5.37. The summed E-state index contributed by atoms with van der Waals surface area (Å²) in [6.07, 6.45) is 6.00. The van der Waals surface area contributed by atoms with Gasteiger partial charge in [-0.1, -0.05) is 32.8 Å². The molecule has 0 atom stereocenters. The summed E-state index contributed by atoms with van der Waals surface area (Å²) in [5, 5.41) is 3.20. The maximum absolute atomic E-state index is 5.95. The van der Waals surface area contributed by atoms with Crippen LogP contribution in [0.3, 0.4) is 0 Å². The number of halogens is 1. The van der Waals surface area contributed by atoms with Crippen LogP contribution >= 0.6 is 24.0 Å². The van der Waals surface area contributed by atoms with Crippen molar-refractivity contribution in [2.24, 2.45) is 16.6 Å². The summed E-state index contributed by atoms with van der Waals surface area (Å²) in [6.45, 7) is 5.22. The first-order chi connectivity index (χ1) is 9.22. The molecule has 1 aliphatic rings. The minimum absolute atomic E-state index is 0. The SMILES string of the molecule is CCC(CC)CN=C(N)Nc1ccc2c(c1)CCC2.I. The standard InChI is InChI=1S/C16H25N3.HI/c1-3-12(4-2)11-18-16(17)19-15-9-8-13-6-5-7-14(13)10-15;/h8-10,12H,3-7,11H2,1-2H3,(H3,17,18,19);1H. The number of hydrogen-bond acceptors (Lipinski definition) is 1. The van der Waals surface area contributed by atoms with Gasteiger partial charge in [0.05, 0.1) is 0 Å². The molecule has 2 rings (SSSR count). The number of nitrogens with two attached hydrogens (primary N) is 1. The van der Waals surface area contributed by atoms with Crippen LogP contribution in [0.15, 0.2) is 23.2 Å². The summed E-state index contributed by atoms with van der Waals surface area (Å²) < 4.78 is 0. The van der Waals surface area contributed by atoms with Crippen molar-refractivity contribution in [2.45, 2.75) is 46.0 Å². The van der Waals surface area contributed by atoms with Gasteiger partial charge in [0.1, 0.15) is 0 Å². The fraction of sp³-hybridized carbons (Fsp3) is 0.562. The van der Waals surface area contributed by atoms with E-state index in [0.717, 1.165) is 25.1 Å². The van der Waals surface area contributed by atoms with Crippen LogP contribution in [0.5, 0.6) is 0 Å². The Morgan fingerprint density at radius 3 is 2.65 bits per heavy atom. The Hall–Kier alpha value is -0.780. The summed E-state index contributed by atoms with van der Waals surface area (Å²) in [5.41, 5.74) is 9.95. The van der Waals surface area contributed by atoms with Gasteiger partial charge in [0.15, 0.2) is 5.96 Å². The first kappa shape index (κ1) is 17.3. The predicted molar refractivity (Wildman–Crippen MR) is 98.1 cm³/mol. The molecule has 0 aliphatic heterocycles. The highest BCUT2D eigenvalue weighted by Crippen LogP contribution is 2.24. The second-order valence-electron chi connectivity index (χ2n) is 5.37. The van der Waals surface area contributed by atoms with Gasteiger partial charge in [0.2, 0.25) is 0 Å². The van der Waals surface area contributed by atoms with Crippen LogP contribution in [0.2, 0.25) is 0 Å². The van der Waals surface area contributed by atoms with Crippen molar-refractivity contribution in [1.82, 2.24) is 0 Å². The van der Waals surface area contributed by atoms with Crippen LogP contribution in [-0.4, -0.2) is 12.5 Å². The molecule has 0 aromatic heterocycles. The molecule has 0 fully saturated rings. The van der Waals surface area contributed by atoms with E-state index in [-0.39, 0.29) is 24.0 Å². The molecule has 4 heteroatoms. The van der Waals surface area contributed by atoms with Crippen molar-refractivity contribution in [3.05, 3.63) is 29.3 Å². The highest BCUT2D eigenvalue weighted by Gasteiger charge is 2.10. The van der Waals surface area contributed by atoms with E-state index in [1.54, 1.807) is 0 Å². The molecule has 1 aromatic rings. The Bertz CT molecular complexity index is 453. The van der Waals surface area contributed by atoms with Crippen LogP contribution in [0, 0.1) is 5.92 Å². The van der Waals surface area contributed by atoms with Crippen LogP contribution in [0.1, 0.15) is 44.2 Å². The number of rotatable bonds is 5.